The predicted octanol–water partition coefficient (Wildman–Crippen LogP) is 3.66. The van der Waals surface area contributed by atoms with Crippen molar-refractivity contribution >= 4 is 0 Å². The lowest BCUT2D eigenvalue weighted by Gasteiger charge is -2.17. The van der Waals surface area contributed by atoms with Crippen LogP contribution in [0.2, 0.25) is 0 Å². The Labute approximate surface area is 120 Å². The first kappa shape index (κ1) is 14.9. The quantitative estimate of drug-likeness (QED) is 0.674. The molecule has 0 amide bonds. The number of rotatable bonds is 3. The molecule has 0 unspecified atom stereocenters. The van der Waals surface area contributed by atoms with Crippen molar-refractivity contribution in [1.82, 2.24) is 0 Å². The molecular weight excluding hydrogens is 255 g/mol. The summed E-state index contributed by atoms with van der Waals surface area (Å²) in [6.45, 7) is 0.0216. The molecular formula is C17H21FO2. The van der Waals surface area contributed by atoms with E-state index >= 15 is 0 Å². The first-order valence-corrected chi connectivity index (χ1v) is 7.35. The van der Waals surface area contributed by atoms with E-state index in [1.165, 1.54) is 37.8 Å². The molecule has 108 valence electrons. The van der Waals surface area contributed by atoms with Gasteiger partial charge in [-0.2, -0.15) is 0 Å². The molecule has 1 aromatic rings. The first-order valence-electron chi connectivity index (χ1n) is 7.35. The van der Waals surface area contributed by atoms with Gasteiger partial charge in [0.05, 0.1) is 12.7 Å². The van der Waals surface area contributed by atoms with Gasteiger partial charge in [0.25, 0.3) is 0 Å². The van der Waals surface area contributed by atoms with Gasteiger partial charge < -0.3 is 9.84 Å². The van der Waals surface area contributed by atoms with Gasteiger partial charge >= 0.3 is 0 Å². The van der Waals surface area contributed by atoms with Crippen LogP contribution in [0.3, 0.4) is 0 Å². The van der Waals surface area contributed by atoms with Crippen LogP contribution >= 0.6 is 0 Å². The van der Waals surface area contributed by atoms with Gasteiger partial charge in [0.15, 0.2) is 0 Å². The average Bonchev–Trinajstić information content (AvgIpc) is 2.67. The van der Waals surface area contributed by atoms with Crippen molar-refractivity contribution in [2.24, 2.45) is 0 Å². The molecule has 0 aliphatic heterocycles. The zero-order valence-electron chi connectivity index (χ0n) is 11.7. The third kappa shape index (κ3) is 4.86. The summed E-state index contributed by atoms with van der Waals surface area (Å²) in [4.78, 5) is 0. The molecule has 3 heteroatoms. The zero-order valence-corrected chi connectivity index (χ0v) is 11.7. The molecule has 0 bridgehead atoms. The summed E-state index contributed by atoms with van der Waals surface area (Å²) in [6, 6.07) is 4.59. The lowest BCUT2D eigenvalue weighted by atomic mass is 10.1. The second kappa shape index (κ2) is 7.91. The Morgan fingerprint density at radius 2 is 1.90 bits per heavy atom. The van der Waals surface area contributed by atoms with Crippen LogP contribution in [0.15, 0.2) is 18.2 Å². The van der Waals surface area contributed by atoms with Crippen LogP contribution in [0.25, 0.3) is 0 Å². The van der Waals surface area contributed by atoms with E-state index in [2.05, 4.69) is 11.8 Å². The number of hydrogen-bond donors (Lipinski definition) is 1. The third-order valence-electron chi connectivity index (χ3n) is 3.45. The lowest BCUT2D eigenvalue weighted by Crippen LogP contribution is -2.15. The third-order valence-corrected chi connectivity index (χ3v) is 3.45. The summed E-state index contributed by atoms with van der Waals surface area (Å²) < 4.78 is 19.5. The maximum absolute atomic E-state index is 13.6. The summed E-state index contributed by atoms with van der Waals surface area (Å²) in [5, 5.41) is 8.70. The topological polar surface area (TPSA) is 29.5 Å². The Balaban J connectivity index is 2.05. The number of aliphatic hydroxyl groups excluding tert-OH is 1. The van der Waals surface area contributed by atoms with Gasteiger partial charge in [-0.25, -0.2) is 4.39 Å². The van der Waals surface area contributed by atoms with Gasteiger partial charge in [-0.05, 0) is 37.8 Å². The van der Waals surface area contributed by atoms with E-state index in [1.54, 1.807) is 6.07 Å². The number of ether oxygens (including phenoxy) is 1. The van der Waals surface area contributed by atoms with Crippen molar-refractivity contribution in [2.75, 3.05) is 6.61 Å². The second-order valence-corrected chi connectivity index (χ2v) is 5.18. The number of halogens is 1. The average molecular weight is 276 g/mol. The Kier molecular flexibility index (Phi) is 5.88. The molecule has 0 saturated heterocycles. The standard InChI is InChI=1S/C17H21FO2/c18-15-11-14(7-5-6-10-19)12-17(13-15)20-16-8-3-1-2-4-9-16/h11-13,16,19H,1-4,6,8-10H2. The fraction of sp³-hybridized carbons (Fsp3) is 0.529. The van der Waals surface area contributed by atoms with Gasteiger partial charge in [0.1, 0.15) is 11.6 Å². The van der Waals surface area contributed by atoms with Gasteiger partial charge in [0.2, 0.25) is 0 Å². The molecule has 20 heavy (non-hydrogen) atoms. The summed E-state index contributed by atoms with van der Waals surface area (Å²) in [5.41, 5.74) is 0.599. The smallest absolute Gasteiger partial charge is 0.128 e. The monoisotopic (exact) mass is 276 g/mol. The molecule has 2 rings (SSSR count). The molecule has 1 fully saturated rings. The van der Waals surface area contributed by atoms with E-state index in [1.807, 2.05) is 0 Å². The summed E-state index contributed by atoms with van der Waals surface area (Å²) in [5.74, 6) is 5.87. The van der Waals surface area contributed by atoms with E-state index in [0.29, 0.717) is 17.7 Å². The molecule has 1 aliphatic rings. The highest BCUT2D eigenvalue weighted by molar-refractivity contribution is 5.40. The molecule has 0 spiro atoms. The van der Waals surface area contributed by atoms with Crippen LogP contribution < -0.4 is 4.74 Å². The van der Waals surface area contributed by atoms with Crippen LogP contribution in [-0.2, 0) is 0 Å². The van der Waals surface area contributed by atoms with Crippen molar-refractivity contribution in [3.05, 3.63) is 29.6 Å². The van der Waals surface area contributed by atoms with Crippen LogP contribution in [-0.4, -0.2) is 17.8 Å². The molecule has 1 saturated carbocycles. The van der Waals surface area contributed by atoms with E-state index in [0.717, 1.165) is 12.8 Å². The highest BCUT2D eigenvalue weighted by Crippen LogP contribution is 2.24. The van der Waals surface area contributed by atoms with Gasteiger partial charge in [-0.15, -0.1) is 0 Å². The summed E-state index contributed by atoms with van der Waals surface area (Å²) >= 11 is 0. The van der Waals surface area contributed by atoms with Crippen LogP contribution in [0, 0.1) is 17.7 Å². The Morgan fingerprint density at radius 3 is 2.60 bits per heavy atom. The maximum atomic E-state index is 13.6. The van der Waals surface area contributed by atoms with Gasteiger partial charge in [-0.1, -0.05) is 24.7 Å². The Morgan fingerprint density at radius 1 is 1.15 bits per heavy atom. The summed E-state index contributed by atoms with van der Waals surface area (Å²) in [7, 11) is 0. The van der Waals surface area contributed by atoms with Crippen molar-refractivity contribution in [1.29, 1.82) is 0 Å². The van der Waals surface area contributed by atoms with E-state index < -0.39 is 0 Å². The predicted molar refractivity (Wildman–Crippen MR) is 77.1 cm³/mol. The van der Waals surface area contributed by atoms with E-state index in [-0.39, 0.29) is 18.5 Å². The van der Waals surface area contributed by atoms with Crippen molar-refractivity contribution in [2.45, 2.75) is 51.0 Å². The Bertz CT molecular complexity index is 479. The van der Waals surface area contributed by atoms with Crippen LogP contribution in [0.4, 0.5) is 4.39 Å². The highest BCUT2D eigenvalue weighted by atomic mass is 19.1. The van der Waals surface area contributed by atoms with Crippen LogP contribution in [0.5, 0.6) is 5.75 Å². The van der Waals surface area contributed by atoms with Crippen molar-refractivity contribution in [3.8, 4) is 17.6 Å². The van der Waals surface area contributed by atoms with Gasteiger partial charge in [-0.3, -0.25) is 0 Å². The van der Waals surface area contributed by atoms with Crippen molar-refractivity contribution < 1.29 is 14.2 Å². The van der Waals surface area contributed by atoms with Crippen LogP contribution in [0.1, 0.15) is 50.5 Å². The number of hydrogen-bond acceptors (Lipinski definition) is 2. The molecule has 0 heterocycles. The lowest BCUT2D eigenvalue weighted by molar-refractivity contribution is 0.183. The molecule has 1 N–H and O–H groups in total. The number of benzene rings is 1. The molecule has 0 radical (unpaired) electrons. The molecule has 1 aliphatic carbocycles. The number of aliphatic hydroxyl groups is 1. The Hall–Kier alpha value is -1.53. The van der Waals surface area contributed by atoms with Gasteiger partial charge in [0, 0.05) is 18.1 Å². The SMILES string of the molecule is OCCC#Cc1cc(F)cc(OC2CCCCCC2)c1. The van der Waals surface area contributed by atoms with E-state index in [9.17, 15) is 4.39 Å². The molecule has 2 nitrogen and oxygen atoms in total. The fourth-order valence-electron chi connectivity index (χ4n) is 2.48. The first-order chi connectivity index (χ1) is 9.78. The minimum Gasteiger partial charge on any atom is -0.490 e. The normalized spacial score (nSPS) is 16.1. The summed E-state index contributed by atoms with van der Waals surface area (Å²) in [6.07, 6.45) is 7.57. The minimum absolute atomic E-state index is 0.0216. The zero-order chi connectivity index (χ0) is 14.2. The van der Waals surface area contributed by atoms with E-state index in [4.69, 9.17) is 9.84 Å². The second-order valence-electron chi connectivity index (χ2n) is 5.18. The molecule has 0 aromatic heterocycles. The van der Waals surface area contributed by atoms with Crippen molar-refractivity contribution in [3.63, 3.8) is 0 Å². The maximum Gasteiger partial charge on any atom is 0.128 e. The highest BCUT2D eigenvalue weighted by Gasteiger charge is 2.14. The fourth-order valence-corrected chi connectivity index (χ4v) is 2.48. The largest absolute Gasteiger partial charge is 0.490 e. The molecule has 1 aromatic carbocycles. The minimum atomic E-state index is -0.329. The molecule has 0 atom stereocenters.